The Bertz CT molecular complexity index is 206. The number of ether oxygens (including phenoxy) is 2. The summed E-state index contributed by atoms with van der Waals surface area (Å²) in [6.07, 6.45) is 2.61. The molecule has 0 N–H and O–H groups in total. The summed E-state index contributed by atoms with van der Waals surface area (Å²) in [5.41, 5.74) is 0. The highest BCUT2D eigenvalue weighted by Crippen LogP contribution is 2.02. The van der Waals surface area contributed by atoms with Crippen molar-refractivity contribution in [2.75, 3.05) is 20.3 Å². The number of nitrogens with zero attached hydrogens (tertiary/aromatic N) is 1. The molecule has 13 heavy (non-hydrogen) atoms. The fourth-order valence-corrected chi connectivity index (χ4v) is 0.812. The summed E-state index contributed by atoms with van der Waals surface area (Å²) < 4.78 is 10.2. The molecule has 0 radical (unpaired) electrons. The molecular formula is C9H14ClNO2. The van der Waals surface area contributed by atoms with Crippen molar-refractivity contribution in [3.05, 3.63) is 24.4 Å². The van der Waals surface area contributed by atoms with Gasteiger partial charge in [0, 0.05) is 32.4 Å². The van der Waals surface area contributed by atoms with Crippen LogP contribution in [0.25, 0.3) is 0 Å². The molecule has 1 aromatic rings. The van der Waals surface area contributed by atoms with Gasteiger partial charge in [-0.3, -0.25) is 0 Å². The third kappa shape index (κ3) is 5.44. The van der Waals surface area contributed by atoms with Crippen LogP contribution in [0.5, 0.6) is 5.88 Å². The van der Waals surface area contributed by atoms with Gasteiger partial charge in [-0.25, -0.2) is 4.98 Å². The maximum Gasteiger partial charge on any atom is 0.213 e. The number of methoxy groups -OCH3 is 1. The first-order valence-corrected chi connectivity index (χ1v) is 3.96. The predicted octanol–water partition coefficient (Wildman–Crippen LogP) is 1.92. The minimum Gasteiger partial charge on any atom is -0.478 e. The van der Waals surface area contributed by atoms with Crippen molar-refractivity contribution in [3.8, 4) is 5.88 Å². The molecule has 0 unspecified atom stereocenters. The minimum absolute atomic E-state index is 0. The fourth-order valence-electron chi connectivity index (χ4n) is 0.812. The molecule has 0 fully saturated rings. The summed E-state index contributed by atoms with van der Waals surface area (Å²) in [5.74, 6) is 0.675. The van der Waals surface area contributed by atoms with E-state index < -0.39 is 0 Å². The van der Waals surface area contributed by atoms with Crippen LogP contribution in [-0.4, -0.2) is 25.3 Å². The Morgan fingerprint density at radius 2 is 2.15 bits per heavy atom. The van der Waals surface area contributed by atoms with Crippen LogP contribution in [0.4, 0.5) is 0 Å². The average Bonchev–Trinajstić information content (AvgIpc) is 2.14. The number of pyridine rings is 1. The molecule has 0 atom stereocenters. The zero-order chi connectivity index (χ0) is 8.65. The Hall–Kier alpha value is -0.800. The molecular weight excluding hydrogens is 190 g/mol. The van der Waals surface area contributed by atoms with Crippen LogP contribution in [0.1, 0.15) is 6.42 Å². The number of rotatable bonds is 5. The van der Waals surface area contributed by atoms with Crippen LogP contribution >= 0.6 is 12.4 Å². The minimum atomic E-state index is 0. The number of aromatic nitrogens is 1. The Morgan fingerprint density at radius 3 is 2.77 bits per heavy atom. The van der Waals surface area contributed by atoms with E-state index in [0.717, 1.165) is 13.0 Å². The Morgan fingerprint density at radius 1 is 1.31 bits per heavy atom. The lowest BCUT2D eigenvalue weighted by atomic mass is 10.5. The van der Waals surface area contributed by atoms with Gasteiger partial charge in [0.05, 0.1) is 6.61 Å². The van der Waals surface area contributed by atoms with Gasteiger partial charge in [-0.05, 0) is 6.07 Å². The van der Waals surface area contributed by atoms with Gasteiger partial charge >= 0.3 is 0 Å². The molecule has 0 aliphatic heterocycles. The summed E-state index contributed by atoms with van der Waals surface area (Å²) >= 11 is 0. The molecule has 3 nitrogen and oxygen atoms in total. The van der Waals surface area contributed by atoms with E-state index in [4.69, 9.17) is 9.47 Å². The van der Waals surface area contributed by atoms with E-state index in [0.29, 0.717) is 12.5 Å². The summed E-state index contributed by atoms with van der Waals surface area (Å²) in [6, 6.07) is 5.60. The van der Waals surface area contributed by atoms with Gasteiger partial charge in [-0.15, -0.1) is 12.4 Å². The summed E-state index contributed by atoms with van der Waals surface area (Å²) in [5, 5.41) is 0. The number of halogens is 1. The maximum absolute atomic E-state index is 5.32. The summed E-state index contributed by atoms with van der Waals surface area (Å²) in [4.78, 5) is 4.01. The molecule has 1 aromatic heterocycles. The highest BCUT2D eigenvalue weighted by atomic mass is 35.5. The van der Waals surface area contributed by atoms with Gasteiger partial charge in [-0.1, -0.05) is 6.07 Å². The van der Waals surface area contributed by atoms with E-state index in [-0.39, 0.29) is 12.4 Å². The lowest BCUT2D eigenvalue weighted by Crippen LogP contribution is -2.01. The SMILES string of the molecule is COCCCOc1ccccn1.Cl. The maximum atomic E-state index is 5.32. The molecule has 0 aliphatic carbocycles. The fraction of sp³-hybridized carbons (Fsp3) is 0.444. The molecule has 1 heterocycles. The van der Waals surface area contributed by atoms with Crippen molar-refractivity contribution in [2.24, 2.45) is 0 Å². The van der Waals surface area contributed by atoms with E-state index in [1.165, 1.54) is 0 Å². The molecule has 0 spiro atoms. The molecule has 0 saturated carbocycles. The average molecular weight is 204 g/mol. The highest BCUT2D eigenvalue weighted by Gasteiger charge is 1.91. The van der Waals surface area contributed by atoms with Gasteiger partial charge in [0.25, 0.3) is 0 Å². The molecule has 4 heteroatoms. The van der Waals surface area contributed by atoms with E-state index >= 15 is 0 Å². The molecule has 1 rings (SSSR count). The third-order valence-corrected chi connectivity index (χ3v) is 1.38. The van der Waals surface area contributed by atoms with E-state index in [2.05, 4.69) is 4.98 Å². The topological polar surface area (TPSA) is 31.4 Å². The van der Waals surface area contributed by atoms with Crippen LogP contribution in [0.15, 0.2) is 24.4 Å². The predicted molar refractivity (Wildman–Crippen MR) is 53.5 cm³/mol. The van der Waals surface area contributed by atoms with Crippen LogP contribution in [0, 0.1) is 0 Å². The lowest BCUT2D eigenvalue weighted by molar-refractivity contribution is 0.170. The van der Waals surface area contributed by atoms with Gasteiger partial charge < -0.3 is 9.47 Å². The lowest BCUT2D eigenvalue weighted by Gasteiger charge is -2.03. The summed E-state index contributed by atoms with van der Waals surface area (Å²) in [7, 11) is 1.68. The third-order valence-electron chi connectivity index (χ3n) is 1.38. The first kappa shape index (κ1) is 12.2. The first-order chi connectivity index (χ1) is 5.93. The Kier molecular flexibility index (Phi) is 7.35. The van der Waals surface area contributed by atoms with Gasteiger partial charge in [-0.2, -0.15) is 0 Å². The monoisotopic (exact) mass is 203 g/mol. The Balaban J connectivity index is 0.00000144. The second-order valence-electron chi connectivity index (χ2n) is 2.36. The highest BCUT2D eigenvalue weighted by molar-refractivity contribution is 5.85. The second kappa shape index (κ2) is 7.83. The van der Waals surface area contributed by atoms with E-state index in [1.54, 1.807) is 13.3 Å². The normalized spacial score (nSPS) is 9.00. The molecule has 0 bridgehead atoms. The standard InChI is InChI=1S/C9H13NO2.ClH/c1-11-7-4-8-12-9-5-2-3-6-10-9;/h2-3,5-6H,4,7-8H2,1H3;1H. The zero-order valence-electron chi connectivity index (χ0n) is 7.60. The second-order valence-corrected chi connectivity index (χ2v) is 2.36. The zero-order valence-corrected chi connectivity index (χ0v) is 8.42. The van der Waals surface area contributed by atoms with Crippen LogP contribution < -0.4 is 4.74 Å². The van der Waals surface area contributed by atoms with Crippen LogP contribution in [0.2, 0.25) is 0 Å². The van der Waals surface area contributed by atoms with Gasteiger partial charge in [0.15, 0.2) is 0 Å². The summed E-state index contributed by atoms with van der Waals surface area (Å²) in [6.45, 7) is 1.39. The van der Waals surface area contributed by atoms with Gasteiger partial charge in [0.1, 0.15) is 0 Å². The molecule has 0 saturated heterocycles. The van der Waals surface area contributed by atoms with E-state index in [9.17, 15) is 0 Å². The quantitative estimate of drug-likeness (QED) is 0.686. The van der Waals surface area contributed by atoms with Crippen LogP contribution in [0.3, 0.4) is 0 Å². The van der Waals surface area contributed by atoms with Crippen molar-refractivity contribution in [3.63, 3.8) is 0 Å². The molecule has 0 aliphatic rings. The van der Waals surface area contributed by atoms with Crippen LogP contribution in [-0.2, 0) is 4.74 Å². The number of hydrogen-bond donors (Lipinski definition) is 0. The van der Waals surface area contributed by atoms with Crippen molar-refractivity contribution in [1.82, 2.24) is 4.98 Å². The molecule has 0 amide bonds. The largest absolute Gasteiger partial charge is 0.478 e. The van der Waals surface area contributed by atoms with Crippen molar-refractivity contribution in [2.45, 2.75) is 6.42 Å². The van der Waals surface area contributed by atoms with Crippen molar-refractivity contribution in [1.29, 1.82) is 0 Å². The first-order valence-electron chi connectivity index (χ1n) is 3.96. The Labute approximate surface area is 84.5 Å². The smallest absolute Gasteiger partial charge is 0.213 e. The molecule has 0 aromatic carbocycles. The van der Waals surface area contributed by atoms with Crippen molar-refractivity contribution < 1.29 is 9.47 Å². The number of hydrogen-bond acceptors (Lipinski definition) is 3. The van der Waals surface area contributed by atoms with E-state index in [1.807, 2.05) is 18.2 Å². The molecule has 74 valence electrons. The van der Waals surface area contributed by atoms with Crippen molar-refractivity contribution >= 4 is 12.4 Å². The van der Waals surface area contributed by atoms with Gasteiger partial charge in [0.2, 0.25) is 5.88 Å².